The molecule has 0 unspecified atom stereocenters. The summed E-state index contributed by atoms with van der Waals surface area (Å²) in [5.74, 6) is -1.76. The molecule has 13 nitrogen and oxygen atoms in total. The minimum Gasteiger partial charge on any atom is -0.476 e. The molecule has 0 spiro atoms. The number of nitrogens with one attached hydrogen (secondary N) is 1. The van der Waals surface area contributed by atoms with Gasteiger partial charge in [0, 0.05) is 23.5 Å². The molecule has 2 aromatic carbocycles. The molecule has 6 aliphatic rings. The maximum absolute atomic E-state index is 13.1. The fourth-order valence-corrected chi connectivity index (χ4v) is 10.6. The largest absolute Gasteiger partial charge is 0.476 e. The van der Waals surface area contributed by atoms with Crippen molar-refractivity contribution in [1.29, 1.82) is 0 Å². The second-order valence-corrected chi connectivity index (χ2v) is 18.5. The van der Waals surface area contributed by atoms with Gasteiger partial charge in [0.1, 0.15) is 12.7 Å². The number of carboxylic acid groups (broad SMARTS) is 1. The zero-order chi connectivity index (χ0) is 48.2. The van der Waals surface area contributed by atoms with Gasteiger partial charge in [-0.1, -0.05) is 43.8 Å². The molecule has 0 radical (unpaired) electrons. The van der Waals surface area contributed by atoms with Gasteiger partial charge in [-0.3, -0.25) is 14.4 Å². The Balaban J connectivity index is 0.000000169. The average molecular weight is 949 g/mol. The first-order chi connectivity index (χ1) is 31.6. The normalized spacial score (nSPS) is 22.8. The summed E-state index contributed by atoms with van der Waals surface area (Å²) in [5, 5.41) is 12.3. The summed E-state index contributed by atoms with van der Waals surface area (Å²) in [4.78, 5) is 55.0. The second kappa shape index (κ2) is 18.0. The summed E-state index contributed by atoms with van der Waals surface area (Å²) in [6.07, 6.45) is 4.56. The van der Waals surface area contributed by atoms with E-state index in [9.17, 15) is 50.6 Å². The third kappa shape index (κ3) is 9.93. The zero-order valence-corrected chi connectivity index (χ0v) is 36.3. The van der Waals surface area contributed by atoms with Gasteiger partial charge in [0.05, 0.1) is 49.2 Å². The first-order valence-corrected chi connectivity index (χ1v) is 21.3. The number of nitrogens with two attached hydrogens (primary N) is 1. The molecule has 0 atom stereocenters. The molecule has 4 N–H and O–H groups in total. The fourth-order valence-electron chi connectivity index (χ4n) is 10.6. The third-order valence-corrected chi connectivity index (χ3v) is 13.2. The van der Waals surface area contributed by atoms with E-state index in [0.717, 1.165) is 68.4 Å². The van der Waals surface area contributed by atoms with Gasteiger partial charge < -0.3 is 34.4 Å². The topological polar surface area (TPSA) is 180 Å². The van der Waals surface area contributed by atoms with Crippen molar-refractivity contribution >= 4 is 34.8 Å². The van der Waals surface area contributed by atoms with E-state index >= 15 is 0 Å². The van der Waals surface area contributed by atoms with Crippen LogP contribution in [0, 0.1) is 10.8 Å². The lowest BCUT2D eigenvalue weighted by Crippen LogP contribution is -2.75. The standard InChI is InChI=1S/C24H22F3N3O3.C16H11F3N2O2.C8H13NO2.CH4/c1-33-18(31)10-22-11-23(12-22,13-22)29-21(32)19-20-16(3-2-8-30(20)14-28-19)9-15-4-6-17(7-5-15)24(25,26)27;17-16(18,19)12-5-3-10(4-6-12)8-11-2-1-7-21-9-20-13(14(11)21)15(22)23;1-11-6(10)2-7-3-8(9,4-7)5-7;/h2-8,14H,9-13H2,1H3,(H,29,32);1-7,9H,8H2,(H,22,23);2-5,9H2,1H3;1H4. The maximum atomic E-state index is 13.1. The molecule has 360 valence electrons. The van der Waals surface area contributed by atoms with Crippen LogP contribution in [0.25, 0.3) is 11.0 Å². The van der Waals surface area contributed by atoms with E-state index in [-0.39, 0.29) is 58.6 Å². The number of carboxylic acids is 1. The fraction of sp³-hybridized carbons (Fsp3) is 0.388. The van der Waals surface area contributed by atoms with Crippen LogP contribution in [-0.2, 0) is 44.3 Å². The molecule has 6 fully saturated rings. The number of carbonyl (C=O) groups excluding carboxylic acids is 3. The maximum Gasteiger partial charge on any atom is 0.416 e. The number of aromatic carboxylic acids is 1. The number of fused-ring (bicyclic) bond motifs is 2. The van der Waals surface area contributed by atoms with Gasteiger partial charge >= 0.3 is 30.3 Å². The first kappa shape index (κ1) is 49.2. The summed E-state index contributed by atoms with van der Waals surface area (Å²) in [5.41, 5.74) is 8.53. The molecule has 6 aliphatic carbocycles. The van der Waals surface area contributed by atoms with Crippen molar-refractivity contribution in [3.05, 3.63) is 143 Å². The first-order valence-electron chi connectivity index (χ1n) is 21.3. The molecule has 19 heteroatoms. The Morgan fingerprint density at radius 1 is 0.662 bits per heavy atom. The molecular weight excluding hydrogens is 899 g/mol. The number of aromatic nitrogens is 4. The number of imidazole rings is 2. The van der Waals surface area contributed by atoms with Gasteiger partial charge in [-0.25, -0.2) is 14.8 Å². The molecule has 1 amide bonds. The predicted octanol–water partition coefficient (Wildman–Crippen LogP) is 8.87. The number of alkyl halides is 6. The number of esters is 2. The molecule has 0 saturated heterocycles. The summed E-state index contributed by atoms with van der Waals surface area (Å²) in [6.45, 7) is 0. The number of carbonyl (C=O) groups is 4. The lowest BCUT2D eigenvalue weighted by Gasteiger charge is -2.70. The van der Waals surface area contributed by atoms with Crippen molar-refractivity contribution in [2.45, 2.75) is 95.1 Å². The van der Waals surface area contributed by atoms with Crippen LogP contribution in [0.1, 0.15) is 113 Å². The highest BCUT2D eigenvalue weighted by Crippen LogP contribution is 2.69. The Morgan fingerprint density at radius 3 is 1.44 bits per heavy atom. The number of rotatable bonds is 11. The van der Waals surface area contributed by atoms with Gasteiger partial charge in [0.25, 0.3) is 5.91 Å². The van der Waals surface area contributed by atoms with E-state index in [1.54, 1.807) is 39.7 Å². The number of halogens is 6. The molecule has 68 heavy (non-hydrogen) atoms. The SMILES string of the molecule is C.COC(=O)CC12CC(N)(C1)C2.COC(=O)CC12CC(NC(=O)c3ncn4cccc(Cc5ccc(C(F)(F)F)cc5)c34)(C1)C2.O=C(O)c1ncn2cccc(Cc3ccc(C(F)(F)F)cc3)c12. The van der Waals surface area contributed by atoms with E-state index in [4.69, 9.17) is 10.5 Å². The van der Waals surface area contributed by atoms with Gasteiger partial charge in [-0.15, -0.1) is 0 Å². The number of methoxy groups -OCH3 is 2. The van der Waals surface area contributed by atoms with E-state index in [0.29, 0.717) is 53.4 Å². The predicted molar refractivity (Wildman–Crippen MR) is 236 cm³/mol. The van der Waals surface area contributed by atoms with Gasteiger partial charge in [-0.2, -0.15) is 26.3 Å². The number of hydrogen-bond donors (Lipinski definition) is 3. The van der Waals surface area contributed by atoms with Crippen LogP contribution in [0.4, 0.5) is 26.3 Å². The minimum atomic E-state index is -4.38. The van der Waals surface area contributed by atoms with Crippen molar-refractivity contribution in [2.75, 3.05) is 14.2 Å². The van der Waals surface area contributed by atoms with E-state index in [1.165, 1.54) is 44.8 Å². The van der Waals surface area contributed by atoms with Crippen molar-refractivity contribution in [3.8, 4) is 0 Å². The van der Waals surface area contributed by atoms with Crippen LogP contribution in [0.3, 0.4) is 0 Å². The summed E-state index contributed by atoms with van der Waals surface area (Å²) in [7, 11) is 2.81. The molecule has 12 rings (SSSR count). The van der Waals surface area contributed by atoms with Crippen molar-refractivity contribution in [3.63, 3.8) is 0 Å². The molecule has 4 heterocycles. The molecule has 0 aliphatic heterocycles. The Hall–Kier alpha value is -6.76. The molecule has 4 aromatic heterocycles. The van der Waals surface area contributed by atoms with Crippen molar-refractivity contribution in [1.82, 2.24) is 24.1 Å². The van der Waals surface area contributed by atoms with Gasteiger partial charge in [-0.05, 0) is 121 Å². The third-order valence-electron chi connectivity index (χ3n) is 13.2. The van der Waals surface area contributed by atoms with Crippen molar-refractivity contribution in [2.24, 2.45) is 16.6 Å². The van der Waals surface area contributed by atoms with Gasteiger partial charge in [0.15, 0.2) is 11.4 Å². The smallest absolute Gasteiger partial charge is 0.416 e. The lowest BCUT2D eigenvalue weighted by atomic mass is 9.38. The van der Waals surface area contributed by atoms with Crippen LogP contribution in [0.5, 0.6) is 0 Å². The average Bonchev–Trinajstić information content (AvgIpc) is 3.88. The van der Waals surface area contributed by atoms with Crippen LogP contribution in [0.15, 0.2) is 97.8 Å². The van der Waals surface area contributed by atoms with E-state index < -0.39 is 29.4 Å². The highest BCUT2D eigenvalue weighted by Gasteiger charge is 2.69. The number of benzene rings is 2. The number of nitrogens with zero attached hydrogens (tertiary/aromatic N) is 4. The number of hydrogen-bond acceptors (Lipinski definition) is 9. The monoisotopic (exact) mass is 948 g/mol. The van der Waals surface area contributed by atoms with Crippen LogP contribution < -0.4 is 11.1 Å². The molecule has 6 saturated carbocycles. The Bertz CT molecular complexity index is 2830. The molecular formula is C49H50F6N6O7. The minimum absolute atomic E-state index is 0. The second-order valence-electron chi connectivity index (χ2n) is 18.5. The quantitative estimate of drug-likeness (QED) is 0.0839. The highest BCUT2D eigenvalue weighted by atomic mass is 19.4. The van der Waals surface area contributed by atoms with E-state index in [2.05, 4.69) is 20.0 Å². The summed E-state index contributed by atoms with van der Waals surface area (Å²) < 4.78 is 89.0. The molecule has 4 bridgehead atoms. The Labute approximate surface area is 386 Å². The van der Waals surface area contributed by atoms with Crippen molar-refractivity contribution < 1.29 is 60.1 Å². The number of amides is 1. The summed E-state index contributed by atoms with van der Waals surface area (Å²) >= 11 is 0. The highest BCUT2D eigenvalue weighted by molar-refractivity contribution is 6.00. The van der Waals surface area contributed by atoms with Gasteiger partial charge in [0.2, 0.25) is 0 Å². The Kier molecular flexibility index (Phi) is 13.0. The lowest BCUT2D eigenvalue weighted by molar-refractivity contribution is -0.175. The summed E-state index contributed by atoms with van der Waals surface area (Å²) in [6, 6.07) is 17.0. The molecule has 6 aromatic rings. The zero-order valence-electron chi connectivity index (χ0n) is 36.3. The Morgan fingerprint density at radius 2 is 1.06 bits per heavy atom. The van der Waals surface area contributed by atoms with Crippen LogP contribution in [0.2, 0.25) is 0 Å². The number of ether oxygens (including phenoxy) is 2. The van der Waals surface area contributed by atoms with E-state index in [1.807, 2.05) is 12.1 Å². The number of pyridine rings is 2. The van der Waals surface area contributed by atoms with Crippen LogP contribution in [-0.4, -0.2) is 73.0 Å². The van der Waals surface area contributed by atoms with Crippen LogP contribution >= 0.6 is 0 Å².